The van der Waals surface area contributed by atoms with Crippen molar-refractivity contribution in [2.24, 2.45) is 0 Å². The van der Waals surface area contributed by atoms with Gasteiger partial charge in [-0.2, -0.15) is 0 Å². The van der Waals surface area contributed by atoms with Crippen molar-refractivity contribution in [2.75, 3.05) is 27.9 Å². The zero-order valence-corrected chi connectivity index (χ0v) is 17.1. The molecule has 0 heterocycles. The molecule has 2 rings (SSSR count). The molecular weight excluding hydrogens is 384 g/mol. The molecule has 152 valence electrons. The van der Waals surface area contributed by atoms with Gasteiger partial charge in [-0.05, 0) is 37.3 Å². The third kappa shape index (κ3) is 4.73. The van der Waals surface area contributed by atoms with Crippen LogP contribution in [0, 0.1) is 0 Å². The molecule has 0 atom stereocenters. The summed E-state index contributed by atoms with van der Waals surface area (Å²) < 4.78 is 44.1. The van der Waals surface area contributed by atoms with Crippen LogP contribution in [0.4, 0.5) is 0 Å². The Kier molecular flexibility index (Phi) is 7.24. The molecule has 2 N–H and O–H groups in total. The molecule has 1 amide bonds. The molecule has 0 aliphatic heterocycles. The Bertz CT molecular complexity index is 921. The minimum absolute atomic E-state index is 0.0654. The first-order chi connectivity index (χ1) is 13.4. The Balaban J connectivity index is 2.37. The molecule has 2 aromatic rings. The number of methoxy groups -OCH3 is 3. The number of ether oxygens (including phenoxy) is 3. The molecule has 28 heavy (non-hydrogen) atoms. The van der Waals surface area contributed by atoms with E-state index in [2.05, 4.69) is 10.0 Å². The standard InChI is InChI=1S/C19H24N2O6S/c1-5-20-19(22)13-9-10-17(27-4)18(11-13)28(23,24)21-12-14-15(25-2)7-6-8-16(14)26-3/h6-11,21H,5,12H2,1-4H3,(H,20,22). The van der Waals surface area contributed by atoms with E-state index in [4.69, 9.17) is 14.2 Å². The highest BCUT2D eigenvalue weighted by atomic mass is 32.2. The van der Waals surface area contributed by atoms with Crippen LogP contribution in [0.15, 0.2) is 41.3 Å². The SMILES string of the molecule is CCNC(=O)c1ccc(OC)c(S(=O)(=O)NCc2c(OC)cccc2OC)c1. The van der Waals surface area contributed by atoms with E-state index in [-0.39, 0.29) is 28.7 Å². The first-order valence-corrected chi connectivity index (χ1v) is 10.0. The summed E-state index contributed by atoms with van der Waals surface area (Å²) >= 11 is 0. The zero-order chi connectivity index (χ0) is 20.7. The first kappa shape index (κ1) is 21.5. The lowest BCUT2D eigenvalue weighted by Gasteiger charge is -2.15. The number of sulfonamides is 1. The van der Waals surface area contributed by atoms with Crippen molar-refractivity contribution in [3.8, 4) is 17.2 Å². The smallest absolute Gasteiger partial charge is 0.251 e. The Hall–Kier alpha value is -2.78. The van der Waals surface area contributed by atoms with Crippen LogP contribution >= 0.6 is 0 Å². The third-order valence-corrected chi connectivity index (χ3v) is 5.44. The second-order valence-corrected chi connectivity index (χ2v) is 7.43. The molecule has 0 radical (unpaired) electrons. The van der Waals surface area contributed by atoms with Gasteiger partial charge in [0.05, 0.1) is 26.9 Å². The van der Waals surface area contributed by atoms with Crippen molar-refractivity contribution in [1.82, 2.24) is 10.0 Å². The normalized spacial score (nSPS) is 11.0. The highest BCUT2D eigenvalue weighted by Crippen LogP contribution is 2.30. The zero-order valence-electron chi connectivity index (χ0n) is 16.2. The number of nitrogens with one attached hydrogen (secondary N) is 2. The van der Waals surface area contributed by atoms with Crippen LogP contribution in [0.3, 0.4) is 0 Å². The maximum absolute atomic E-state index is 12.9. The second-order valence-electron chi connectivity index (χ2n) is 5.69. The van der Waals surface area contributed by atoms with E-state index in [1.807, 2.05) is 0 Å². The van der Waals surface area contributed by atoms with Crippen molar-refractivity contribution < 1.29 is 27.4 Å². The molecule has 0 aliphatic carbocycles. The van der Waals surface area contributed by atoms with Gasteiger partial charge in [-0.3, -0.25) is 4.79 Å². The van der Waals surface area contributed by atoms with Crippen LogP contribution in [0.2, 0.25) is 0 Å². The molecule has 8 nitrogen and oxygen atoms in total. The highest BCUT2D eigenvalue weighted by Gasteiger charge is 2.23. The van der Waals surface area contributed by atoms with E-state index in [0.717, 1.165) is 0 Å². The largest absolute Gasteiger partial charge is 0.496 e. The molecule has 0 saturated carbocycles. The predicted octanol–water partition coefficient (Wildman–Crippen LogP) is 1.94. The van der Waals surface area contributed by atoms with Gasteiger partial charge in [0.15, 0.2) is 0 Å². The summed E-state index contributed by atoms with van der Waals surface area (Å²) in [5.74, 6) is 0.746. The minimum atomic E-state index is -3.99. The summed E-state index contributed by atoms with van der Waals surface area (Å²) in [5.41, 5.74) is 0.771. The monoisotopic (exact) mass is 408 g/mol. The average molecular weight is 408 g/mol. The minimum Gasteiger partial charge on any atom is -0.496 e. The van der Waals surface area contributed by atoms with Gasteiger partial charge in [0.2, 0.25) is 10.0 Å². The molecule has 0 saturated heterocycles. The highest BCUT2D eigenvalue weighted by molar-refractivity contribution is 7.89. The average Bonchev–Trinajstić information content (AvgIpc) is 2.71. The van der Waals surface area contributed by atoms with Crippen molar-refractivity contribution in [3.63, 3.8) is 0 Å². The molecule has 2 aromatic carbocycles. The van der Waals surface area contributed by atoms with Gasteiger partial charge in [0, 0.05) is 18.7 Å². The number of hydrogen-bond acceptors (Lipinski definition) is 6. The number of hydrogen-bond donors (Lipinski definition) is 2. The number of carbonyl (C=O) groups excluding carboxylic acids is 1. The Morgan fingerprint density at radius 1 is 0.964 bits per heavy atom. The third-order valence-electron chi connectivity index (χ3n) is 4.02. The maximum Gasteiger partial charge on any atom is 0.251 e. The van der Waals surface area contributed by atoms with Crippen LogP contribution < -0.4 is 24.2 Å². The number of carbonyl (C=O) groups is 1. The van der Waals surface area contributed by atoms with Gasteiger partial charge in [0.1, 0.15) is 22.1 Å². The van der Waals surface area contributed by atoms with Gasteiger partial charge in [-0.15, -0.1) is 0 Å². The predicted molar refractivity (Wildman–Crippen MR) is 105 cm³/mol. The van der Waals surface area contributed by atoms with E-state index in [9.17, 15) is 13.2 Å². The Morgan fingerprint density at radius 2 is 1.57 bits per heavy atom. The lowest BCUT2D eigenvalue weighted by molar-refractivity contribution is 0.0955. The summed E-state index contributed by atoms with van der Waals surface area (Å²) in [4.78, 5) is 11.9. The van der Waals surface area contributed by atoms with E-state index in [0.29, 0.717) is 23.6 Å². The van der Waals surface area contributed by atoms with Gasteiger partial charge in [0.25, 0.3) is 5.91 Å². The summed E-state index contributed by atoms with van der Waals surface area (Å²) in [5, 5.41) is 2.64. The Labute approximate surface area is 164 Å². The van der Waals surface area contributed by atoms with E-state index in [1.165, 1.54) is 39.5 Å². The van der Waals surface area contributed by atoms with Gasteiger partial charge in [-0.25, -0.2) is 13.1 Å². The summed E-state index contributed by atoms with van der Waals surface area (Å²) in [6.45, 7) is 2.14. The number of benzene rings is 2. The topological polar surface area (TPSA) is 103 Å². The quantitative estimate of drug-likeness (QED) is 0.657. The number of amides is 1. The van der Waals surface area contributed by atoms with Gasteiger partial charge >= 0.3 is 0 Å². The second kappa shape index (κ2) is 9.43. The van der Waals surface area contributed by atoms with E-state index >= 15 is 0 Å². The van der Waals surface area contributed by atoms with Crippen LogP contribution in [-0.4, -0.2) is 42.2 Å². The maximum atomic E-state index is 12.9. The van der Waals surface area contributed by atoms with Crippen LogP contribution in [-0.2, 0) is 16.6 Å². The molecule has 0 fully saturated rings. The Morgan fingerprint density at radius 3 is 2.11 bits per heavy atom. The summed E-state index contributed by atoms with van der Waals surface area (Å²) in [6.07, 6.45) is 0. The van der Waals surface area contributed by atoms with Gasteiger partial charge in [-0.1, -0.05) is 6.07 Å². The fourth-order valence-corrected chi connectivity index (χ4v) is 3.83. The van der Waals surface area contributed by atoms with Crippen LogP contribution in [0.5, 0.6) is 17.2 Å². The van der Waals surface area contributed by atoms with Crippen LogP contribution in [0.1, 0.15) is 22.8 Å². The summed E-state index contributed by atoms with van der Waals surface area (Å²) in [6, 6.07) is 9.40. The molecule has 0 bridgehead atoms. The fourth-order valence-electron chi connectivity index (χ4n) is 2.64. The van der Waals surface area contributed by atoms with Crippen molar-refractivity contribution in [2.45, 2.75) is 18.4 Å². The van der Waals surface area contributed by atoms with Crippen molar-refractivity contribution in [3.05, 3.63) is 47.5 Å². The molecular formula is C19H24N2O6S. The molecule has 0 spiro atoms. The van der Waals surface area contributed by atoms with Crippen molar-refractivity contribution in [1.29, 1.82) is 0 Å². The van der Waals surface area contributed by atoms with Gasteiger partial charge < -0.3 is 19.5 Å². The number of rotatable bonds is 9. The summed E-state index contributed by atoms with van der Waals surface area (Å²) in [7, 11) is 0.360. The van der Waals surface area contributed by atoms with E-state index in [1.54, 1.807) is 25.1 Å². The molecule has 9 heteroatoms. The first-order valence-electron chi connectivity index (χ1n) is 8.53. The lowest BCUT2D eigenvalue weighted by Crippen LogP contribution is -2.26. The van der Waals surface area contributed by atoms with Crippen LogP contribution in [0.25, 0.3) is 0 Å². The molecule has 0 unspecified atom stereocenters. The fraction of sp³-hybridized carbons (Fsp3) is 0.316. The molecule has 0 aliphatic rings. The van der Waals surface area contributed by atoms with Crippen molar-refractivity contribution >= 4 is 15.9 Å². The van der Waals surface area contributed by atoms with E-state index < -0.39 is 10.0 Å². The molecule has 0 aromatic heterocycles. The lowest BCUT2D eigenvalue weighted by atomic mass is 10.2.